The SMILES string of the molecule is CCOC(c1cc(OC)c(OC)c(C(C)C)c1)c1c(C)ccc(O)c1C. The van der Waals surface area contributed by atoms with Crippen molar-refractivity contribution in [1.82, 2.24) is 0 Å². The Bertz CT molecular complexity index is 765. The highest BCUT2D eigenvalue weighted by atomic mass is 16.5. The van der Waals surface area contributed by atoms with Crippen molar-refractivity contribution in [3.05, 3.63) is 52.1 Å². The fraction of sp³-hybridized carbons (Fsp3) is 0.455. The van der Waals surface area contributed by atoms with Gasteiger partial charge in [0.15, 0.2) is 11.5 Å². The second kappa shape index (κ2) is 8.45. The Morgan fingerprint density at radius 1 is 1.04 bits per heavy atom. The van der Waals surface area contributed by atoms with Crippen LogP contribution in [0.2, 0.25) is 0 Å². The highest BCUT2D eigenvalue weighted by molar-refractivity contribution is 5.54. The number of hydrogen-bond acceptors (Lipinski definition) is 4. The lowest BCUT2D eigenvalue weighted by molar-refractivity contribution is 0.0900. The predicted molar refractivity (Wildman–Crippen MR) is 105 cm³/mol. The van der Waals surface area contributed by atoms with Gasteiger partial charge in [0.05, 0.1) is 14.2 Å². The lowest BCUT2D eigenvalue weighted by Crippen LogP contribution is -2.11. The molecule has 0 bridgehead atoms. The minimum absolute atomic E-state index is 0.271. The predicted octanol–water partition coefficient (Wildman–Crippen LogP) is 5.28. The van der Waals surface area contributed by atoms with Crippen LogP contribution in [-0.4, -0.2) is 25.9 Å². The zero-order chi connectivity index (χ0) is 19.4. The first-order valence-electron chi connectivity index (χ1n) is 9.02. The molecule has 4 heteroatoms. The largest absolute Gasteiger partial charge is 0.508 e. The molecule has 1 atom stereocenters. The van der Waals surface area contributed by atoms with Gasteiger partial charge in [-0.1, -0.05) is 19.9 Å². The van der Waals surface area contributed by atoms with Gasteiger partial charge in [-0.3, -0.25) is 0 Å². The third-order valence-electron chi connectivity index (χ3n) is 4.75. The van der Waals surface area contributed by atoms with Crippen LogP contribution in [0.1, 0.15) is 60.6 Å². The fourth-order valence-electron chi connectivity index (χ4n) is 3.37. The summed E-state index contributed by atoms with van der Waals surface area (Å²) >= 11 is 0. The maximum Gasteiger partial charge on any atom is 0.164 e. The molecule has 0 radical (unpaired) electrons. The van der Waals surface area contributed by atoms with Crippen molar-refractivity contribution in [2.75, 3.05) is 20.8 Å². The molecule has 2 rings (SSSR count). The number of benzene rings is 2. The number of hydrogen-bond donors (Lipinski definition) is 1. The highest BCUT2D eigenvalue weighted by Gasteiger charge is 2.24. The third-order valence-corrected chi connectivity index (χ3v) is 4.75. The molecule has 4 nitrogen and oxygen atoms in total. The van der Waals surface area contributed by atoms with E-state index in [0.717, 1.165) is 33.6 Å². The summed E-state index contributed by atoms with van der Waals surface area (Å²) in [7, 11) is 3.30. The smallest absolute Gasteiger partial charge is 0.164 e. The second-order valence-electron chi connectivity index (χ2n) is 6.78. The molecule has 0 aliphatic carbocycles. The van der Waals surface area contributed by atoms with Gasteiger partial charge in [-0.15, -0.1) is 0 Å². The second-order valence-corrected chi connectivity index (χ2v) is 6.78. The summed E-state index contributed by atoms with van der Waals surface area (Å²) < 4.78 is 17.3. The molecule has 1 unspecified atom stereocenters. The number of phenolic OH excluding ortho intramolecular Hbond substituents is 1. The molecule has 142 valence electrons. The molecule has 0 amide bonds. The summed E-state index contributed by atoms with van der Waals surface area (Å²) in [5, 5.41) is 10.2. The first-order valence-corrected chi connectivity index (χ1v) is 9.02. The van der Waals surface area contributed by atoms with E-state index in [1.165, 1.54) is 0 Å². The maximum atomic E-state index is 10.2. The fourth-order valence-corrected chi connectivity index (χ4v) is 3.37. The van der Waals surface area contributed by atoms with E-state index in [-0.39, 0.29) is 17.8 Å². The van der Waals surface area contributed by atoms with Crippen molar-refractivity contribution in [3.8, 4) is 17.2 Å². The Labute approximate surface area is 156 Å². The van der Waals surface area contributed by atoms with Gasteiger partial charge in [-0.05, 0) is 67.1 Å². The third kappa shape index (κ3) is 3.80. The number of aromatic hydroxyl groups is 1. The zero-order valence-corrected chi connectivity index (χ0v) is 16.8. The number of rotatable bonds is 7. The van der Waals surface area contributed by atoms with Gasteiger partial charge in [-0.2, -0.15) is 0 Å². The van der Waals surface area contributed by atoms with Crippen LogP contribution in [-0.2, 0) is 4.74 Å². The number of ether oxygens (including phenoxy) is 3. The molecule has 0 aliphatic rings. The van der Waals surface area contributed by atoms with Gasteiger partial charge in [0.1, 0.15) is 11.9 Å². The number of phenols is 1. The van der Waals surface area contributed by atoms with Gasteiger partial charge >= 0.3 is 0 Å². The number of aryl methyl sites for hydroxylation is 1. The van der Waals surface area contributed by atoms with Crippen LogP contribution in [0, 0.1) is 13.8 Å². The molecule has 2 aromatic rings. The molecule has 0 aromatic heterocycles. The summed E-state index contributed by atoms with van der Waals surface area (Å²) in [6, 6.07) is 7.74. The topological polar surface area (TPSA) is 47.9 Å². The molecule has 0 aliphatic heterocycles. The monoisotopic (exact) mass is 358 g/mol. The van der Waals surface area contributed by atoms with Gasteiger partial charge < -0.3 is 19.3 Å². The Morgan fingerprint density at radius 2 is 1.73 bits per heavy atom. The average Bonchev–Trinajstić information content (AvgIpc) is 2.63. The van der Waals surface area contributed by atoms with Crippen molar-refractivity contribution in [2.24, 2.45) is 0 Å². The first kappa shape index (κ1) is 20.1. The lowest BCUT2D eigenvalue weighted by atomic mass is 9.90. The maximum absolute atomic E-state index is 10.2. The minimum Gasteiger partial charge on any atom is -0.508 e. The molecule has 1 N–H and O–H groups in total. The lowest BCUT2D eigenvalue weighted by Gasteiger charge is -2.25. The van der Waals surface area contributed by atoms with E-state index in [0.29, 0.717) is 12.4 Å². The van der Waals surface area contributed by atoms with E-state index in [9.17, 15) is 5.11 Å². The summed E-state index contributed by atoms with van der Waals surface area (Å²) in [5.41, 5.74) is 4.98. The zero-order valence-electron chi connectivity index (χ0n) is 16.8. The van der Waals surface area contributed by atoms with Crippen molar-refractivity contribution in [2.45, 2.75) is 46.6 Å². The van der Waals surface area contributed by atoms with E-state index < -0.39 is 0 Å². The molecule has 0 heterocycles. The van der Waals surface area contributed by atoms with Crippen LogP contribution in [0.3, 0.4) is 0 Å². The van der Waals surface area contributed by atoms with Gasteiger partial charge in [0.2, 0.25) is 0 Å². The Balaban J connectivity index is 2.72. The minimum atomic E-state index is -0.288. The van der Waals surface area contributed by atoms with Crippen molar-refractivity contribution >= 4 is 0 Å². The quantitative estimate of drug-likeness (QED) is 0.732. The Morgan fingerprint density at radius 3 is 2.27 bits per heavy atom. The molecule has 0 fully saturated rings. The standard InChI is InChI=1S/C22H30O4/c1-8-26-21(20-14(4)9-10-18(23)15(20)5)16-11-17(13(2)3)22(25-7)19(12-16)24-6/h9-13,21,23H,8H2,1-7H3. The molecular weight excluding hydrogens is 328 g/mol. The molecule has 2 aromatic carbocycles. The number of methoxy groups -OCH3 is 2. The molecular formula is C22H30O4. The molecule has 26 heavy (non-hydrogen) atoms. The van der Waals surface area contributed by atoms with Crippen LogP contribution in [0.4, 0.5) is 0 Å². The summed E-state index contributed by atoms with van der Waals surface area (Å²) in [5.74, 6) is 1.99. The van der Waals surface area contributed by atoms with Gasteiger partial charge in [0.25, 0.3) is 0 Å². The molecule has 0 saturated carbocycles. The van der Waals surface area contributed by atoms with Crippen LogP contribution >= 0.6 is 0 Å². The van der Waals surface area contributed by atoms with Crippen LogP contribution in [0.5, 0.6) is 17.2 Å². The van der Waals surface area contributed by atoms with Gasteiger partial charge in [0, 0.05) is 12.2 Å². The van der Waals surface area contributed by atoms with Crippen molar-refractivity contribution in [3.63, 3.8) is 0 Å². The van der Waals surface area contributed by atoms with Crippen molar-refractivity contribution in [1.29, 1.82) is 0 Å². The first-order chi connectivity index (χ1) is 12.3. The van der Waals surface area contributed by atoms with Gasteiger partial charge in [-0.25, -0.2) is 0 Å². The van der Waals surface area contributed by atoms with E-state index in [1.807, 2.05) is 32.9 Å². The normalized spacial score (nSPS) is 12.3. The van der Waals surface area contributed by atoms with Crippen LogP contribution in [0.15, 0.2) is 24.3 Å². The highest BCUT2D eigenvalue weighted by Crippen LogP contribution is 2.42. The van der Waals surface area contributed by atoms with Crippen LogP contribution in [0.25, 0.3) is 0 Å². The molecule has 0 spiro atoms. The Kier molecular flexibility index (Phi) is 6.54. The molecule has 0 saturated heterocycles. The average molecular weight is 358 g/mol. The van der Waals surface area contributed by atoms with Crippen LogP contribution < -0.4 is 9.47 Å². The van der Waals surface area contributed by atoms with E-state index in [4.69, 9.17) is 14.2 Å². The van der Waals surface area contributed by atoms with E-state index in [2.05, 4.69) is 19.9 Å². The summed E-state index contributed by atoms with van der Waals surface area (Å²) in [6.07, 6.45) is -0.288. The van der Waals surface area contributed by atoms with Crippen molar-refractivity contribution < 1.29 is 19.3 Å². The summed E-state index contributed by atoms with van der Waals surface area (Å²) in [4.78, 5) is 0. The van der Waals surface area contributed by atoms with E-state index >= 15 is 0 Å². The Hall–Kier alpha value is -2.20. The summed E-state index contributed by atoms with van der Waals surface area (Å²) in [6.45, 7) is 10.8. The van der Waals surface area contributed by atoms with E-state index in [1.54, 1.807) is 20.3 Å².